The number of amides is 3. The van der Waals surface area contributed by atoms with Crippen molar-refractivity contribution in [3.63, 3.8) is 0 Å². The second-order valence-electron chi connectivity index (χ2n) is 12.1. The lowest BCUT2D eigenvalue weighted by molar-refractivity contribution is -0.145. The Hall–Kier alpha value is -4.10. The van der Waals surface area contributed by atoms with Crippen molar-refractivity contribution < 1.29 is 19.1 Å². The van der Waals surface area contributed by atoms with Crippen molar-refractivity contribution in [3.8, 4) is 6.07 Å². The molecule has 0 unspecified atom stereocenters. The monoisotopic (exact) mass is 576 g/mol. The summed E-state index contributed by atoms with van der Waals surface area (Å²) in [4.78, 5) is 42.7. The maximum absolute atomic E-state index is 13.6. The van der Waals surface area contributed by atoms with Crippen LogP contribution in [-0.4, -0.2) is 77.7 Å². The number of hydrazine groups is 1. The molecule has 226 valence electrons. The van der Waals surface area contributed by atoms with Crippen LogP contribution < -0.4 is 10.2 Å². The topological polar surface area (TPSA) is 109 Å². The van der Waals surface area contributed by atoms with Gasteiger partial charge in [0.25, 0.3) is 5.91 Å². The lowest BCUT2D eigenvalue weighted by Crippen LogP contribution is -2.49. The molecule has 1 aliphatic heterocycles. The fourth-order valence-corrected chi connectivity index (χ4v) is 5.11. The van der Waals surface area contributed by atoms with E-state index in [1.807, 2.05) is 65.6 Å². The zero-order valence-corrected chi connectivity index (χ0v) is 26.2. The molecule has 0 fully saturated rings. The number of hydrogen-bond acceptors (Lipinski definition) is 7. The summed E-state index contributed by atoms with van der Waals surface area (Å²) < 4.78 is 5.51. The zero-order chi connectivity index (χ0) is 31.2. The van der Waals surface area contributed by atoms with E-state index < -0.39 is 11.7 Å². The SMILES string of the molecule is Cc1cc(C#N)cc(C)c1N(CC(=O)NCCN(C(=O)OC(C)(C)C)C(C)C)CC(=O)N(C)N1Cc2ccccc2C1. The molecule has 3 amide bonds. The van der Waals surface area contributed by atoms with Crippen LogP contribution in [0.4, 0.5) is 10.5 Å². The number of carbonyl (C=O) groups is 3. The highest BCUT2D eigenvalue weighted by Crippen LogP contribution is 2.27. The number of fused-ring (bicyclic) bond motifs is 1. The van der Waals surface area contributed by atoms with Crippen molar-refractivity contribution >= 4 is 23.6 Å². The third-order valence-corrected chi connectivity index (χ3v) is 7.13. The number of nitriles is 1. The summed E-state index contributed by atoms with van der Waals surface area (Å²) in [5, 5.41) is 15.9. The summed E-state index contributed by atoms with van der Waals surface area (Å²) >= 11 is 0. The Bertz CT molecular complexity index is 1300. The van der Waals surface area contributed by atoms with E-state index >= 15 is 0 Å². The van der Waals surface area contributed by atoms with Gasteiger partial charge in [-0.25, -0.2) is 9.80 Å². The van der Waals surface area contributed by atoms with Crippen LogP contribution in [0, 0.1) is 25.2 Å². The molecule has 0 saturated carbocycles. The second kappa shape index (κ2) is 13.7. The van der Waals surface area contributed by atoms with Crippen LogP contribution in [0.15, 0.2) is 36.4 Å². The van der Waals surface area contributed by atoms with Gasteiger partial charge in [0.1, 0.15) is 5.60 Å². The first kappa shape index (κ1) is 32.4. The van der Waals surface area contributed by atoms with Crippen molar-refractivity contribution in [2.45, 2.75) is 73.2 Å². The number of ether oxygens (including phenoxy) is 1. The summed E-state index contributed by atoms with van der Waals surface area (Å²) in [5.41, 5.74) is 4.63. The van der Waals surface area contributed by atoms with Crippen LogP contribution in [0.1, 0.15) is 62.4 Å². The van der Waals surface area contributed by atoms with Gasteiger partial charge in [0, 0.05) is 45.0 Å². The highest BCUT2D eigenvalue weighted by atomic mass is 16.6. The van der Waals surface area contributed by atoms with Crippen molar-refractivity contribution in [3.05, 3.63) is 64.2 Å². The van der Waals surface area contributed by atoms with E-state index in [-0.39, 0.29) is 44.0 Å². The van der Waals surface area contributed by atoms with Crippen LogP contribution in [0.5, 0.6) is 0 Å². The molecule has 1 aliphatic rings. The molecule has 0 atom stereocenters. The Balaban J connectivity index is 1.73. The summed E-state index contributed by atoms with van der Waals surface area (Å²) in [6, 6.07) is 13.7. The van der Waals surface area contributed by atoms with Crippen molar-refractivity contribution in [2.24, 2.45) is 0 Å². The number of nitrogens with one attached hydrogen (secondary N) is 1. The first-order chi connectivity index (χ1) is 19.7. The molecule has 0 aromatic heterocycles. The molecule has 1 heterocycles. The third kappa shape index (κ3) is 8.46. The predicted octanol–water partition coefficient (Wildman–Crippen LogP) is 4.13. The van der Waals surface area contributed by atoms with E-state index in [1.165, 1.54) is 11.1 Å². The molecule has 1 N–H and O–H groups in total. The molecular weight excluding hydrogens is 532 g/mol. The standard InChI is InChI=1S/C32H44N6O4/c1-22(2)38(31(41)42-32(5,6)7)14-13-34-28(39)20-36(30-23(3)15-25(17-33)16-24(30)4)21-29(40)35(8)37-18-26-11-9-10-12-27(26)19-37/h9-12,15-16,22H,13-14,18-21H2,1-8H3,(H,34,39). The van der Waals surface area contributed by atoms with Gasteiger partial charge in [-0.2, -0.15) is 5.26 Å². The molecule has 2 aromatic carbocycles. The summed E-state index contributed by atoms with van der Waals surface area (Å²) in [5.74, 6) is -0.440. The largest absolute Gasteiger partial charge is 0.444 e. The molecule has 0 spiro atoms. The van der Waals surface area contributed by atoms with Crippen LogP contribution in [0.3, 0.4) is 0 Å². The maximum atomic E-state index is 13.6. The number of likely N-dealkylation sites (N-methyl/N-ethyl adjacent to an activating group) is 1. The molecule has 10 heteroatoms. The normalized spacial score (nSPS) is 12.9. The van der Waals surface area contributed by atoms with Crippen LogP contribution >= 0.6 is 0 Å². The van der Waals surface area contributed by atoms with Crippen molar-refractivity contribution in [1.29, 1.82) is 5.26 Å². The van der Waals surface area contributed by atoms with E-state index in [2.05, 4.69) is 23.5 Å². The van der Waals surface area contributed by atoms with E-state index in [4.69, 9.17) is 4.74 Å². The van der Waals surface area contributed by atoms with Gasteiger partial charge in [0.05, 0.1) is 24.7 Å². The Morgan fingerprint density at radius 2 is 1.62 bits per heavy atom. The maximum Gasteiger partial charge on any atom is 0.410 e. The van der Waals surface area contributed by atoms with Gasteiger partial charge < -0.3 is 19.9 Å². The minimum Gasteiger partial charge on any atom is -0.444 e. The number of carbonyl (C=O) groups excluding carboxylic acids is 3. The first-order valence-corrected chi connectivity index (χ1v) is 14.3. The van der Waals surface area contributed by atoms with Gasteiger partial charge in [0.15, 0.2) is 0 Å². The van der Waals surface area contributed by atoms with E-state index in [0.717, 1.165) is 16.8 Å². The highest BCUT2D eigenvalue weighted by molar-refractivity contribution is 5.87. The first-order valence-electron chi connectivity index (χ1n) is 14.3. The number of hydrogen-bond donors (Lipinski definition) is 1. The molecule has 42 heavy (non-hydrogen) atoms. The average molecular weight is 577 g/mol. The summed E-state index contributed by atoms with van der Waals surface area (Å²) in [6.07, 6.45) is -0.435. The Morgan fingerprint density at radius 3 is 2.12 bits per heavy atom. The molecule has 2 aromatic rings. The van der Waals surface area contributed by atoms with Crippen molar-refractivity contribution in [2.75, 3.05) is 38.1 Å². The van der Waals surface area contributed by atoms with E-state index in [0.29, 0.717) is 18.7 Å². The van der Waals surface area contributed by atoms with Gasteiger partial charge in [0.2, 0.25) is 5.91 Å². The Labute approximate surface area is 249 Å². The van der Waals surface area contributed by atoms with E-state index in [1.54, 1.807) is 34.0 Å². The average Bonchev–Trinajstić information content (AvgIpc) is 3.33. The van der Waals surface area contributed by atoms with Crippen LogP contribution in [0.25, 0.3) is 0 Å². The number of benzene rings is 2. The summed E-state index contributed by atoms with van der Waals surface area (Å²) in [7, 11) is 1.75. The molecule has 0 saturated heterocycles. The fourth-order valence-electron chi connectivity index (χ4n) is 5.11. The lowest BCUT2D eigenvalue weighted by atomic mass is 10.0. The quantitative estimate of drug-likeness (QED) is 0.453. The molecular formula is C32H44N6O4. The lowest BCUT2D eigenvalue weighted by Gasteiger charge is -2.33. The summed E-state index contributed by atoms with van der Waals surface area (Å²) in [6.45, 7) is 14.7. The highest BCUT2D eigenvalue weighted by Gasteiger charge is 2.28. The fraction of sp³-hybridized carbons (Fsp3) is 0.500. The van der Waals surface area contributed by atoms with Gasteiger partial charge >= 0.3 is 6.09 Å². The number of anilines is 1. The zero-order valence-electron chi connectivity index (χ0n) is 26.2. The van der Waals surface area contributed by atoms with Crippen molar-refractivity contribution in [1.82, 2.24) is 20.2 Å². The van der Waals surface area contributed by atoms with Crippen LogP contribution in [-0.2, 0) is 27.4 Å². The number of nitrogens with zero attached hydrogens (tertiary/aromatic N) is 5. The van der Waals surface area contributed by atoms with E-state index in [9.17, 15) is 19.6 Å². The van der Waals surface area contributed by atoms with Gasteiger partial charge in [-0.05, 0) is 82.9 Å². The molecule has 3 rings (SSSR count). The molecule has 0 radical (unpaired) electrons. The molecule has 0 aliphatic carbocycles. The Morgan fingerprint density at radius 1 is 1.05 bits per heavy atom. The Kier molecular flexibility index (Phi) is 10.6. The minimum absolute atomic E-state index is 0.0274. The predicted molar refractivity (Wildman–Crippen MR) is 162 cm³/mol. The third-order valence-electron chi connectivity index (χ3n) is 7.13. The number of aryl methyl sites for hydroxylation is 2. The van der Waals surface area contributed by atoms with Gasteiger partial charge in [-0.15, -0.1) is 0 Å². The smallest absolute Gasteiger partial charge is 0.410 e. The van der Waals surface area contributed by atoms with Crippen LogP contribution in [0.2, 0.25) is 0 Å². The van der Waals surface area contributed by atoms with Gasteiger partial charge in [-0.3, -0.25) is 14.6 Å². The van der Waals surface area contributed by atoms with Gasteiger partial charge in [-0.1, -0.05) is 24.3 Å². The molecule has 10 nitrogen and oxygen atoms in total. The molecule has 0 bridgehead atoms. The minimum atomic E-state index is -0.623. The second-order valence-corrected chi connectivity index (χ2v) is 12.1. The number of rotatable bonds is 10.